The SMILES string of the molecule is CC1(c2ccc(F)cc2)C(=O)Nc2nc(-c3cn4ccnc4c(SCCC(F)(F)F)n3)nc(N)c21. The largest absolute Gasteiger partial charge is 0.389 e. The van der Waals surface area contributed by atoms with Gasteiger partial charge in [0.1, 0.15) is 33.6 Å². The number of nitrogen functional groups attached to an aromatic ring is 1. The number of benzene rings is 1. The average Bonchev–Trinajstić information content (AvgIpc) is 3.36. The van der Waals surface area contributed by atoms with Crippen molar-refractivity contribution in [3.05, 3.63) is 59.8 Å². The highest BCUT2D eigenvalue weighted by Crippen LogP contribution is 2.45. The molecular formula is C22H17F4N7OS. The summed E-state index contributed by atoms with van der Waals surface area (Å²) in [5.74, 6) is -0.795. The van der Waals surface area contributed by atoms with E-state index in [0.717, 1.165) is 11.8 Å². The van der Waals surface area contributed by atoms with Crippen molar-refractivity contribution in [3.8, 4) is 11.5 Å². The van der Waals surface area contributed by atoms with Crippen molar-refractivity contribution in [2.75, 3.05) is 16.8 Å². The van der Waals surface area contributed by atoms with Crippen LogP contribution in [0.1, 0.15) is 24.5 Å². The van der Waals surface area contributed by atoms with E-state index in [4.69, 9.17) is 5.73 Å². The molecule has 8 nitrogen and oxygen atoms in total. The molecule has 0 saturated heterocycles. The molecule has 3 N–H and O–H groups in total. The molecule has 0 bridgehead atoms. The molecule has 4 aromatic rings. The predicted octanol–water partition coefficient (Wildman–Crippen LogP) is 4.21. The van der Waals surface area contributed by atoms with Crippen molar-refractivity contribution in [2.45, 2.75) is 30.0 Å². The number of nitrogens with one attached hydrogen (secondary N) is 1. The first-order valence-corrected chi connectivity index (χ1v) is 11.3. The van der Waals surface area contributed by atoms with Gasteiger partial charge in [-0.15, -0.1) is 11.8 Å². The topological polar surface area (TPSA) is 111 Å². The molecule has 1 atom stereocenters. The summed E-state index contributed by atoms with van der Waals surface area (Å²) < 4.78 is 52.9. The Morgan fingerprint density at radius 1 is 1.17 bits per heavy atom. The molecule has 35 heavy (non-hydrogen) atoms. The first-order valence-electron chi connectivity index (χ1n) is 10.4. The minimum absolute atomic E-state index is 0.0222. The average molecular weight is 503 g/mol. The molecule has 1 amide bonds. The molecule has 0 radical (unpaired) electrons. The number of carbonyl (C=O) groups is 1. The molecule has 3 aromatic heterocycles. The smallest absolute Gasteiger partial charge is 0.383 e. The number of amides is 1. The van der Waals surface area contributed by atoms with Gasteiger partial charge in [-0.2, -0.15) is 13.2 Å². The van der Waals surface area contributed by atoms with Crippen LogP contribution >= 0.6 is 11.8 Å². The molecule has 1 aliphatic heterocycles. The van der Waals surface area contributed by atoms with E-state index in [2.05, 4.69) is 25.3 Å². The lowest BCUT2D eigenvalue weighted by Crippen LogP contribution is -2.33. The lowest BCUT2D eigenvalue weighted by molar-refractivity contribution is -0.129. The van der Waals surface area contributed by atoms with Gasteiger partial charge in [0, 0.05) is 24.3 Å². The number of rotatable bonds is 5. The maximum Gasteiger partial charge on any atom is 0.389 e. The van der Waals surface area contributed by atoms with Crippen molar-refractivity contribution < 1.29 is 22.4 Å². The standard InChI is InChI=1S/C22H17F4N7OS/c1-21(11-2-4-12(23)5-3-11)14-15(27)30-16(31-17(14)32-20(21)34)13-10-33-8-7-28-18(33)19(29-13)35-9-6-22(24,25)26/h2-5,7-8,10H,6,9H2,1H3,(H3,27,30,31,32,34). The maximum atomic E-state index is 13.4. The number of hydrogen-bond donors (Lipinski definition) is 2. The van der Waals surface area contributed by atoms with Crippen LogP contribution in [0.2, 0.25) is 0 Å². The molecule has 0 fully saturated rings. The van der Waals surface area contributed by atoms with Crippen LogP contribution in [0, 0.1) is 5.82 Å². The highest BCUT2D eigenvalue weighted by atomic mass is 32.2. The number of nitrogens with zero attached hydrogens (tertiary/aromatic N) is 5. The van der Waals surface area contributed by atoms with E-state index in [0.29, 0.717) is 16.8 Å². The molecule has 13 heteroatoms. The van der Waals surface area contributed by atoms with Crippen molar-refractivity contribution in [1.29, 1.82) is 0 Å². The molecule has 0 aliphatic carbocycles. The molecule has 4 heterocycles. The molecule has 1 aromatic carbocycles. The van der Waals surface area contributed by atoms with E-state index in [-0.39, 0.29) is 33.9 Å². The highest BCUT2D eigenvalue weighted by molar-refractivity contribution is 7.99. The third-order valence-corrected chi connectivity index (χ3v) is 6.70. The van der Waals surface area contributed by atoms with Crippen molar-refractivity contribution in [3.63, 3.8) is 0 Å². The zero-order valence-electron chi connectivity index (χ0n) is 18.1. The fourth-order valence-electron chi connectivity index (χ4n) is 3.95. The summed E-state index contributed by atoms with van der Waals surface area (Å²) in [6, 6.07) is 5.49. The van der Waals surface area contributed by atoms with E-state index in [1.165, 1.54) is 30.5 Å². The Hall–Kier alpha value is -3.74. The second-order valence-electron chi connectivity index (χ2n) is 8.05. The van der Waals surface area contributed by atoms with Crippen molar-refractivity contribution in [2.24, 2.45) is 0 Å². The van der Waals surface area contributed by atoms with E-state index in [1.54, 1.807) is 23.7 Å². The summed E-state index contributed by atoms with van der Waals surface area (Å²) in [5.41, 5.74) is 6.53. The van der Waals surface area contributed by atoms with Crippen LogP contribution in [0.3, 0.4) is 0 Å². The van der Waals surface area contributed by atoms with Gasteiger partial charge in [0.25, 0.3) is 0 Å². The monoisotopic (exact) mass is 503 g/mol. The molecule has 5 rings (SSSR count). The molecule has 0 spiro atoms. The Morgan fingerprint density at radius 2 is 1.91 bits per heavy atom. The number of carbonyl (C=O) groups excluding carboxylic acids is 1. The lowest BCUT2D eigenvalue weighted by atomic mass is 9.78. The Labute approximate surface area is 200 Å². The second-order valence-corrected chi connectivity index (χ2v) is 9.13. The molecular weight excluding hydrogens is 486 g/mol. The fraction of sp³-hybridized carbons (Fsp3) is 0.227. The molecule has 0 saturated carbocycles. The highest BCUT2D eigenvalue weighted by Gasteiger charge is 2.47. The van der Waals surface area contributed by atoms with Gasteiger partial charge < -0.3 is 15.5 Å². The number of nitrogens with two attached hydrogens (primary N) is 1. The van der Waals surface area contributed by atoms with Gasteiger partial charge in [0.15, 0.2) is 11.5 Å². The quantitative estimate of drug-likeness (QED) is 0.310. The predicted molar refractivity (Wildman–Crippen MR) is 121 cm³/mol. The van der Waals surface area contributed by atoms with Gasteiger partial charge in [-0.1, -0.05) is 12.1 Å². The summed E-state index contributed by atoms with van der Waals surface area (Å²) in [6.07, 6.45) is -0.567. The first-order chi connectivity index (χ1) is 16.6. The minimum Gasteiger partial charge on any atom is -0.383 e. The molecule has 1 unspecified atom stereocenters. The number of anilines is 2. The number of imidazole rings is 1. The second kappa shape index (κ2) is 8.18. The number of thioether (sulfide) groups is 1. The van der Waals surface area contributed by atoms with Gasteiger partial charge in [-0.25, -0.2) is 24.3 Å². The van der Waals surface area contributed by atoms with E-state index >= 15 is 0 Å². The summed E-state index contributed by atoms with van der Waals surface area (Å²) in [6.45, 7) is 1.64. The van der Waals surface area contributed by atoms with Gasteiger partial charge in [-0.3, -0.25) is 4.79 Å². The van der Waals surface area contributed by atoms with E-state index in [9.17, 15) is 22.4 Å². The van der Waals surface area contributed by atoms with Crippen LogP contribution in [0.5, 0.6) is 0 Å². The van der Waals surface area contributed by atoms with Crippen LogP contribution < -0.4 is 11.1 Å². The number of hydrogen-bond acceptors (Lipinski definition) is 7. The molecule has 1 aliphatic rings. The molecule has 180 valence electrons. The van der Waals surface area contributed by atoms with E-state index in [1.807, 2.05) is 0 Å². The Kier molecular flexibility index (Phi) is 5.38. The summed E-state index contributed by atoms with van der Waals surface area (Å²) >= 11 is 0.917. The number of aromatic nitrogens is 5. The van der Waals surface area contributed by atoms with Crippen molar-refractivity contribution in [1.82, 2.24) is 24.3 Å². The maximum absolute atomic E-state index is 13.4. The summed E-state index contributed by atoms with van der Waals surface area (Å²) in [7, 11) is 0. The first kappa shape index (κ1) is 23.0. The lowest BCUT2D eigenvalue weighted by Gasteiger charge is -2.23. The van der Waals surface area contributed by atoms with Crippen LogP contribution in [0.4, 0.5) is 29.2 Å². The van der Waals surface area contributed by atoms with Crippen LogP contribution in [-0.2, 0) is 10.2 Å². The van der Waals surface area contributed by atoms with Crippen LogP contribution in [-0.4, -0.2) is 42.2 Å². The summed E-state index contributed by atoms with van der Waals surface area (Å²) in [5, 5.41) is 2.99. The van der Waals surface area contributed by atoms with Gasteiger partial charge in [-0.05, 0) is 24.6 Å². The van der Waals surface area contributed by atoms with E-state index < -0.39 is 29.7 Å². The van der Waals surface area contributed by atoms with Crippen LogP contribution in [0.25, 0.3) is 17.2 Å². The van der Waals surface area contributed by atoms with Crippen LogP contribution in [0.15, 0.2) is 47.9 Å². The Morgan fingerprint density at radius 3 is 2.63 bits per heavy atom. The Bertz CT molecular complexity index is 1450. The minimum atomic E-state index is -4.29. The third kappa shape index (κ3) is 4.05. The number of halogens is 4. The zero-order chi connectivity index (χ0) is 25.0. The van der Waals surface area contributed by atoms with Gasteiger partial charge >= 0.3 is 6.18 Å². The number of alkyl halides is 3. The number of fused-ring (bicyclic) bond motifs is 2. The van der Waals surface area contributed by atoms with Crippen molar-refractivity contribution >= 4 is 35.0 Å². The van der Waals surface area contributed by atoms with Gasteiger partial charge in [0.05, 0.1) is 12.0 Å². The normalized spacial score (nSPS) is 17.6. The Balaban J connectivity index is 1.56. The van der Waals surface area contributed by atoms with Gasteiger partial charge in [0.2, 0.25) is 5.91 Å². The third-order valence-electron chi connectivity index (χ3n) is 5.74. The zero-order valence-corrected chi connectivity index (χ0v) is 18.9. The summed E-state index contributed by atoms with van der Waals surface area (Å²) in [4.78, 5) is 30.4. The fourth-order valence-corrected chi connectivity index (χ4v) is 4.93.